The Kier molecular flexibility index (Phi) is 6.12. The summed E-state index contributed by atoms with van der Waals surface area (Å²) in [4.78, 5) is 29.3. The van der Waals surface area contributed by atoms with Gasteiger partial charge in [-0.1, -0.05) is 42.5 Å². The molecule has 30 heavy (non-hydrogen) atoms. The zero-order valence-electron chi connectivity index (χ0n) is 17.5. The predicted molar refractivity (Wildman–Crippen MR) is 119 cm³/mol. The van der Waals surface area contributed by atoms with Crippen LogP contribution in [0.4, 0.5) is 5.69 Å². The average Bonchev–Trinajstić information content (AvgIpc) is 3.28. The molecule has 2 aliphatic rings. The van der Waals surface area contributed by atoms with E-state index in [1.807, 2.05) is 35.2 Å². The van der Waals surface area contributed by atoms with Crippen LogP contribution in [-0.2, 0) is 9.59 Å². The van der Waals surface area contributed by atoms with Crippen molar-refractivity contribution in [1.29, 1.82) is 0 Å². The van der Waals surface area contributed by atoms with Crippen LogP contribution in [0.2, 0.25) is 0 Å². The SMILES string of the molecule is Cc1cccc(N2CCN(C(=O)CCC(=O)N3CCC(c4ccccc4)=N3)CC2)c1. The topological polar surface area (TPSA) is 56.2 Å². The maximum absolute atomic E-state index is 12.6. The quantitative estimate of drug-likeness (QED) is 0.770. The molecule has 6 nitrogen and oxygen atoms in total. The number of rotatable bonds is 5. The first-order valence-electron chi connectivity index (χ1n) is 10.6. The predicted octanol–water partition coefficient (Wildman–Crippen LogP) is 3.06. The van der Waals surface area contributed by atoms with Crippen LogP contribution >= 0.6 is 0 Å². The van der Waals surface area contributed by atoms with Crippen LogP contribution < -0.4 is 4.90 Å². The Morgan fingerprint density at radius 1 is 0.867 bits per heavy atom. The molecule has 2 heterocycles. The van der Waals surface area contributed by atoms with Crippen LogP contribution in [0.3, 0.4) is 0 Å². The second-order valence-corrected chi connectivity index (χ2v) is 7.89. The van der Waals surface area contributed by atoms with Gasteiger partial charge in [0.2, 0.25) is 11.8 Å². The average molecular weight is 405 g/mol. The number of carbonyl (C=O) groups excluding carboxylic acids is 2. The van der Waals surface area contributed by atoms with Gasteiger partial charge in [-0.2, -0.15) is 5.10 Å². The first-order valence-corrected chi connectivity index (χ1v) is 10.6. The largest absolute Gasteiger partial charge is 0.368 e. The Morgan fingerprint density at radius 2 is 1.60 bits per heavy atom. The van der Waals surface area contributed by atoms with E-state index in [0.29, 0.717) is 19.6 Å². The highest BCUT2D eigenvalue weighted by Gasteiger charge is 2.25. The molecule has 0 spiro atoms. The van der Waals surface area contributed by atoms with Crippen molar-refractivity contribution in [3.8, 4) is 0 Å². The lowest BCUT2D eigenvalue weighted by Gasteiger charge is -2.36. The number of amides is 2. The van der Waals surface area contributed by atoms with Crippen LogP contribution in [0.25, 0.3) is 0 Å². The number of hydrazone groups is 1. The van der Waals surface area contributed by atoms with Gasteiger partial charge >= 0.3 is 0 Å². The Labute approximate surface area is 177 Å². The van der Waals surface area contributed by atoms with Gasteiger partial charge in [0, 0.05) is 51.1 Å². The number of nitrogens with zero attached hydrogens (tertiary/aromatic N) is 4. The highest BCUT2D eigenvalue weighted by Crippen LogP contribution is 2.19. The number of piperazine rings is 1. The van der Waals surface area contributed by atoms with Gasteiger partial charge in [-0.05, 0) is 30.2 Å². The van der Waals surface area contributed by atoms with E-state index in [2.05, 4.69) is 41.2 Å². The maximum atomic E-state index is 12.6. The molecule has 4 rings (SSSR count). The van der Waals surface area contributed by atoms with Crippen molar-refractivity contribution in [2.75, 3.05) is 37.6 Å². The smallest absolute Gasteiger partial charge is 0.243 e. The Morgan fingerprint density at radius 3 is 2.33 bits per heavy atom. The third-order valence-corrected chi connectivity index (χ3v) is 5.75. The van der Waals surface area contributed by atoms with Gasteiger partial charge in [0.1, 0.15) is 0 Å². The third-order valence-electron chi connectivity index (χ3n) is 5.75. The third kappa shape index (κ3) is 4.70. The second kappa shape index (κ2) is 9.11. The molecule has 0 atom stereocenters. The number of hydrogen-bond donors (Lipinski definition) is 0. The fraction of sp³-hybridized carbons (Fsp3) is 0.375. The number of anilines is 1. The summed E-state index contributed by atoms with van der Waals surface area (Å²) in [6.07, 6.45) is 1.21. The van der Waals surface area contributed by atoms with Crippen LogP contribution in [0.1, 0.15) is 30.4 Å². The molecule has 0 saturated carbocycles. The molecular formula is C24H28N4O2. The van der Waals surface area contributed by atoms with Gasteiger partial charge in [-0.3, -0.25) is 9.59 Å². The maximum Gasteiger partial charge on any atom is 0.243 e. The minimum absolute atomic E-state index is 0.0544. The fourth-order valence-electron chi connectivity index (χ4n) is 4.01. The molecule has 0 unspecified atom stereocenters. The van der Waals surface area contributed by atoms with Crippen molar-refractivity contribution in [2.45, 2.75) is 26.2 Å². The normalized spacial score (nSPS) is 16.6. The van der Waals surface area contributed by atoms with Gasteiger partial charge in [0.15, 0.2) is 0 Å². The molecule has 2 aromatic carbocycles. The zero-order chi connectivity index (χ0) is 20.9. The highest BCUT2D eigenvalue weighted by molar-refractivity contribution is 6.02. The van der Waals surface area contributed by atoms with Crippen molar-refractivity contribution in [3.63, 3.8) is 0 Å². The Hall–Kier alpha value is -3.15. The molecule has 0 N–H and O–H groups in total. The summed E-state index contributed by atoms with van der Waals surface area (Å²) in [6.45, 7) is 5.71. The molecule has 0 radical (unpaired) electrons. The molecule has 2 aromatic rings. The van der Waals surface area contributed by atoms with Crippen molar-refractivity contribution >= 4 is 23.2 Å². The van der Waals surface area contributed by atoms with Crippen LogP contribution in [0, 0.1) is 6.92 Å². The molecule has 0 aliphatic carbocycles. The molecular weight excluding hydrogens is 376 g/mol. The van der Waals surface area contributed by atoms with Crippen LogP contribution in [0.15, 0.2) is 59.7 Å². The van der Waals surface area contributed by atoms with Gasteiger partial charge < -0.3 is 9.80 Å². The molecule has 1 saturated heterocycles. The number of carbonyl (C=O) groups is 2. The van der Waals surface area contributed by atoms with E-state index in [1.165, 1.54) is 16.3 Å². The van der Waals surface area contributed by atoms with E-state index in [1.54, 1.807) is 0 Å². The minimum atomic E-state index is -0.0762. The summed E-state index contributed by atoms with van der Waals surface area (Å²) in [5.74, 6) is -0.0219. The summed E-state index contributed by atoms with van der Waals surface area (Å²) >= 11 is 0. The summed E-state index contributed by atoms with van der Waals surface area (Å²) in [7, 11) is 0. The lowest BCUT2D eigenvalue weighted by Crippen LogP contribution is -2.49. The molecule has 1 fully saturated rings. The molecule has 0 bridgehead atoms. The summed E-state index contributed by atoms with van der Waals surface area (Å²) < 4.78 is 0. The van der Waals surface area contributed by atoms with Crippen LogP contribution in [-0.4, -0.2) is 60.2 Å². The standard InChI is InChI=1S/C24H28N4O2/c1-19-6-5-9-21(18-19)26-14-16-27(17-15-26)23(29)10-11-24(30)28-13-12-22(25-28)20-7-3-2-4-8-20/h2-9,18H,10-17H2,1H3. The Bertz CT molecular complexity index is 933. The molecule has 2 aliphatic heterocycles. The van der Waals surface area contributed by atoms with E-state index < -0.39 is 0 Å². The van der Waals surface area contributed by atoms with E-state index in [0.717, 1.165) is 30.8 Å². The van der Waals surface area contributed by atoms with E-state index in [4.69, 9.17) is 0 Å². The first kappa shape index (κ1) is 20.1. The number of hydrogen-bond acceptors (Lipinski definition) is 4. The lowest BCUT2D eigenvalue weighted by molar-refractivity contribution is -0.137. The molecule has 6 heteroatoms. The highest BCUT2D eigenvalue weighted by atomic mass is 16.2. The molecule has 156 valence electrons. The first-order chi connectivity index (χ1) is 14.6. The van der Waals surface area contributed by atoms with E-state index >= 15 is 0 Å². The van der Waals surface area contributed by atoms with Gasteiger partial charge in [-0.15, -0.1) is 0 Å². The lowest BCUT2D eigenvalue weighted by atomic mass is 10.1. The van der Waals surface area contributed by atoms with E-state index in [9.17, 15) is 9.59 Å². The van der Waals surface area contributed by atoms with Gasteiger partial charge in [0.25, 0.3) is 0 Å². The van der Waals surface area contributed by atoms with Gasteiger partial charge in [0.05, 0.1) is 12.3 Å². The summed E-state index contributed by atoms with van der Waals surface area (Å²) in [5, 5.41) is 5.99. The zero-order valence-corrected chi connectivity index (χ0v) is 17.5. The van der Waals surface area contributed by atoms with Crippen LogP contribution in [0.5, 0.6) is 0 Å². The minimum Gasteiger partial charge on any atom is -0.368 e. The summed E-state index contributed by atoms with van der Waals surface area (Å²) in [5.41, 5.74) is 4.43. The molecule has 0 aromatic heterocycles. The Balaban J connectivity index is 1.24. The second-order valence-electron chi connectivity index (χ2n) is 7.89. The summed E-state index contributed by atoms with van der Waals surface area (Å²) in [6, 6.07) is 18.4. The van der Waals surface area contributed by atoms with Gasteiger partial charge in [-0.25, -0.2) is 5.01 Å². The van der Waals surface area contributed by atoms with E-state index in [-0.39, 0.29) is 24.7 Å². The molecule has 2 amide bonds. The monoisotopic (exact) mass is 404 g/mol. The number of benzene rings is 2. The fourth-order valence-corrected chi connectivity index (χ4v) is 4.01. The van der Waals surface area contributed by atoms with Crippen molar-refractivity contribution < 1.29 is 9.59 Å². The van der Waals surface area contributed by atoms with Crippen molar-refractivity contribution in [2.24, 2.45) is 5.10 Å². The van der Waals surface area contributed by atoms with Crippen molar-refractivity contribution in [3.05, 3.63) is 65.7 Å². The number of aryl methyl sites for hydroxylation is 1. The van der Waals surface area contributed by atoms with Crippen molar-refractivity contribution in [1.82, 2.24) is 9.91 Å².